The highest BCUT2D eigenvalue weighted by molar-refractivity contribution is 7.89. The highest BCUT2D eigenvalue weighted by Gasteiger charge is 2.51. The van der Waals surface area contributed by atoms with Crippen LogP contribution in [0.5, 0.6) is 0 Å². The second-order valence-corrected chi connectivity index (χ2v) is 9.32. The second-order valence-electron chi connectivity index (χ2n) is 7.39. The van der Waals surface area contributed by atoms with Crippen molar-refractivity contribution in [3.8, 4) is 0 Å². The van der Waals surface area contributed by atoms with E-state index < -0.39 is 27.3 Å². The Morgan fingerprint density at radius 3 is 2.10 bits per heavy atom. The normalized spacial score (nSPS) is 19.8. The molecule has 2 aliphatic heterocycles. The van der Waals surface area contributed by atoms with Crippen LogP contribution in [0.1, 0.15) is 18.4 Å². The van der Waals surface area contributed by atoms with E-state index in [1.165, 1.54) is 4.31 Å². The van der Waals surface area contributed by atoms with Gasteiger partial charge in [0.1, 0.15) is 5.54 Å². The fourth-order valence-corrected chi connectivity index (χ4v) is 5.54. The molecule has 0 bridgehead atoms. The zero-order valence-corrected chi connectivity index (χ0v) is 16.7. The average molecular weight is 439 g/mol. The van der Waals surface area contributed by atoms with E-state index in [1.807, 2.05) is 35.2 Å². The maximum Gasteiger partial charge on any atom is 0.416 e. The summed E-state index contributed by atoms with van der Waals surface area (Å²) in [5.41, 5.74) is -0.872. The number of piperidine rings is 1. The van der Waals surface area contributed by atoms with Crippen LogP contribution in [0, 0.1) is 0 Å². The highest BCUT2D eigenvalue weighted by Crippen LogP contribution is 2.37. The van der Waals surface area contributed by atoms with E-state index in [4.69, 9.17) is 0 Å². The van der Waals surface area contributed by atoms with Gasteiger partial charge in [-0.2, -0.15) is 17.5 Å². The lowest BCUT2D eigenvalue weighted by Crippen LogP contribution is -2.57. The Balaban J connectivity index is 1.54. The van der Waals surface area contributed by atoms with E-state index in [-0.39, 0.29) is 36.7 Å². The topological polar surface area (TPSA) is 69.7 Å². The second kappa shape index (κ2) is 7.28. The Morgan fingerprint density at radius 2 is 1.53 bits per heavy atom. The third kappa shape index (κ3) is 3.43. The molecule has 2 heterocycles. The number of hydrogen-bond donors (Lipinski definition) is 1. The van der Waals surface area contributed by atoms with Crippen molar-refractivity contribution < 1.29 is 26.4 Å². The molecule has 0 saturated carbocycles. The van der Waals surface area contributed by atoms with Crippen LogP contribution < -0.4 is 10.2 Å². The Labute approximate surface area is 172 Å². The van der Waals surface area contributed by atoms with Crippen LogP contribution in [-0.4, -0.2) is 43.9 Å². The van der Waals surface area contributed by atoms with Crippen molar-refractivity contribution in [3.63, 3.8) is 0 Å². The van der Waals surface area contributed by atoms with Crippen LogP contribution in [0.25, 0.3) is 0 Å². The Hall–Kier alpha value is -2.59. The lowest BCUT2D eigenvalue weighted by molar-refractivity contribution is -0.137. The summed E-state index contributed by atoms with van der Waals surface area (Å²) in [6.45, 7) is 0.536. The van der Waals surface area contributed by atoms with Gasteiger partial charge in [0.2, 0.25) is 15.9 Å². The van der Waals surface area contributed by atoms with Crippen molar-refractivity contribution >= 4 is 21.6 Å². The fourth-order valence-electron chi connectivity index (χ4n) is 4.09. The number of sulfonamides is 1. The largest absolute Gasteiger partial charge is 0.416 e. The van der Waals surface area contributed by atoms with Gasteiger partial charge in [-0.25, -0.2) is 8.42 Å². The predicted octanol–water partition coefficient (Wildman–Crippen LogP) is 2.82. The minimum atomic E-state index is -4.53. The number of anilines is 1. The van der Waals surface area contributed by atoms with Crippen molar-refractivity contribution in [2.24, 2.45) is 0 Å². The average Bonchev–Trinajstić information content (AvgIpc) is 3.04. The molecule has 2 aromatic carbocycles. The van der Waals surface area contributed by atoms with Gasteiger partial charge < -0.3 is 10.2 Å². The molecule has 0 atom stereocenters. The van der Waals surface area contributed by atoms with Gasteiger partial charge in [-0.3, -0.25) is 4.79 Å². The molecule has 6 nitrogen and oxygen atoms in total. The Kier molecular flexibility index (Phi) is 5.01. The molecule has 160 valence electrons. The molecule has 1 N–H and O–H groups in total. The van der Waals surface area contributed by atoms with Crippen LogP contribution in [-0.2, 0) is 21.0 Å². The van der Waals surface area contributed by atoms with Gasteiger partial charge in [-0.15, -0.1) is 0 Å². The van der Waals surface area contributed by atoms with E-state index in [1.54, 1.807) is 0 Å². The molecule has 2 aliphatic rings. The zero-order valence-electron chi connectivity index (χ0n) is 15.9. The van der Waals surface area contributed by atoms with Crippen LogP contribution in [0.2, 0.25) is 0 Å². The number of hydrogen-bond acceptors (Lipinski definition) is 4. The molecule has 10 heteroatoms. The number of para-hydroxylation sites is 1. The summed E-state index contributed by atoms with van der Waals surface area (Å²) < 4.78 is 65.3. The van der Waals surface area contributed by atoms with E-state index in [9.17, 15) is 26.4 Å². The van der Waals surface area contributed by atoms with Crippen LogP contribution in [0.15, 0.2) is 59.5 Å². The van der Waals surface area contributed by atoms with Crippen molar-refractivity contribution in [3.05, 3.63) is 60.2 Å². The van der Waals surface area contributed by atoms with Gasteiger partial charge in [0.15, 0.2) is 0 Å². The number of rotatable bonds is 3. The van der Waals surface area contributed by atoms with E-state index in [0.717, 1.165) is 30.0 Å². The molecular formula is C20H20F3N3O3S. The quantitative estimate of drug-likeness (QED) is 0.799. The van der Waals surface area contributed by atoms with E-state index in [0.29, 0.717) is 6.67 Å². The first-order valence-corrected chi connectivity index (χ1v) is 10.9. The first kappa shape index (κ1) is 20.7. The minimum Gasteiger partial charge on any atom is -0.339 e. The molecule has 0 unspecified atom stereocenters. The lowest BCUT2D eigenvalue weighted by atomic mass is 9.86. The summed E-state index contributed by atoms with van der Waals surface area (Å²) in [7, 11) is -3.95. The molecule has 0 aliphatic carbocycles. The first-order chi connectivity index (χ1) is 14.1. The van der Waals surface area contributed by atoms with Crippen molar-refractivity contribution in [2.75, 3.05) is 24.7 Å². The van der Waals surface area contributed by atoms with Gasteiger partial charge in [-0.1, -0.05) is 18.2 Å². The van der Waals surface area contributed by atoms with Crippen LogP contribution in [0.3, 0.4) is 0 Å². The number of nitrogens with zero attached hydrogens (tertiary/aromatic N) is 2. The highest BCUT2D eigenvalue weighted by atomic mass is 32.2. The minimum absolute atomic E-state index is 0.0973. The fraction of sp³-hybridized carbons (Fsp3) is 0.350. The van der Waals surface area contributed by atoms with Gasteiger partial charge in [0.05, 0.1) is 17.1 Å². The molecule has 2 fully saturated rings. The summed E-state index contributed by atoms with van der Waals surface area (Å²) in [5.74, 6) is -0.141. The first-order valence-electron chi connectivity index (χ1n) is 9.43. The number of carbonyl (C=O) groups excluding carboxylic acids is 1. The molecule has 4 rings (SSSR count). The number of benzene rings is 2. The van der Waals surface area contributed by atoms with E-state index in [2.05, 4.69) is 5.32 Å². The van der Waals surface area contributed by atoms with Crippen LogP contribution in [0.4, 0.5) is 18.9 Å². The molecule has 30 heavy (non-hydrogen) atoms. The number of halogens is 3. The summed E-state index contributed by atoms with van der Waals surface area (Å²) in [6, 6.07) is 12.9. The predicted molar refractivity (Wildman–Crippen MR) is 104 cm³/mol. The molecule has 2 saturated heterocycles. The van der Waals surface area contributed by atoms with Crippen molar-refractivity contribution in [1.82, 2.24) is 9.62 Å². The molecule has 1 amide bonds. The number of carbonyl (C=O) groups is 1. The molecule has 2 aromatic rings. The summed E-state index contributed by atoms with van der Waals surface area (Å²) in [4.78, 5) is 14.4. The third-order valence-corrected chi connectivity index (χ3v) is 7.69. The SMILES string of the molecule is O=C1NCN(c2ccccc2)C12CCN(S(=O)(=O)c1ccc(C(F)(F)F)cc1)CC2. The number of amides is 1. The summed E-state index contributed by atoms with van der Waals surface area (Å²) >= 11 is 0. The van der Waals surface area contributed by atoms with Gasteiger partial charge >= 0.3 is 6.18 Å². The molecule has 1 spiro atoms. The molecule has 0 aromatic heterocycles. The Morgan fingerprint density at radius 1 is 0.933 bits per heavy atom. The smallest absolute Gasteiger partial charge is 0.339 e. The lowest BCUT2D eigenvalue weighted by Gasteiger charge is -2.42. The van der Waals surface area contributed by atoms with E-state index >= 15 is 0 Å². The number of alkyl halides is 3. The standard InChI is InChI=1S/C20H20F3N3O3S/c21-20(22,23)15-6-8-17(9-7-15)30(28,29)25-12-10-19(11-13-25)18(27)24-14-26(19)16-4-2-1-3-5-16/h1-9H,10-14H2,(H,24,27). The Bertz CT molecular complexity index is 1030. The molecule has 0 radical (unpaired) electrons. The van der Waals surface area contributed by atoms with Crippen molar-refractivity contribution in [1.29, 1.82) is 0 Å². The summed E-state index contributed by atoms with van der Waals surface area (Å²) in [5, 5.41) is 2.85. The monoisotopic (exact) mass is 439 g/mol. The summed E-state index contributed by atoms with van der Waals surface area (Å²) in [6.07, 6.45) is -3.96. The molecular weight excluding hydrogens is 419 g/mol. The number of nitrogens with one attached hydrogen (secondary N) is 1. The maximum absolute atomic E-state index is 12.9. The zero-order chi connectivity index (χ0) is 21.6. The van der Waals surface area contributed by atoms with Crippen LogP contribution >= 0.6 is 0 Å². The van der Waals surface area contributed by atoms with Gasteiger partial charge in [0.25, 0.3) is 0 Å². The van der Waals surface area contributed by atoms with Gasteiger partial charge in [0, 0.05) is 18.8 Å². The van der Waals surface area contributed by atoms with Crippen molar-refractivity contribution in [2.45, 2.75) is 29.5 Å². The maximum atomic E-state index is 12.9. The third-order valence-electron chi connectivity index (χ3n) is 5.77. The van der Waals surface area contributed by atoms with Gasteiger partial charge in [-0.05, 0) is 49.2 Å².